The van der Waals surface area contributed by atoms with Crippen molar-refractivity contribution in [3.63, 3.8) is 0 Å². The number of rotatable bonds is 2. The Kier molecular flexibility index (Phi) is 3.93. The Morgan fingerprint density at radius 2 is 1.69 bits per heavy atom. The number of hydrogen-bond acceptors (Lipinski definition) is 2. The van der Waals surface area contributed by atoms with E-state index in [9.17, 15) is 18.3 Å². The lowest BCUT2D eigenvalue weighted by Crippen LogP contribution is -2.20. The van der Waals surface area contributed by atoms with Crippen LogP contribution in [0.1, 0.15) is 18.0 Å². The third kappa shape index (κ3) is 3.43. The van der Waals surface area contributed by atoms with Crippen molar-refractivity contribution >= 4 is 23.2 Å². The number of phenolic OH excluding ortho intramolecular Hbond substituents is 1. The molecule has 0 unspecified atom stereocenters. The van der Waals surface area contributed by atoms with E-state index in [0.717, 1.165) is 0 Å². The van der Waals surface area contributed by atoms with Gasteiger partial charge in [-0.3, -0.25) is 0 Å². The topological polar surface area (TPSA) is 46.2 Å². The molecule has 1 aromatic rings. The van der Waals surface area contributed by atoms with Crippen LogP contribution in [0.5, 0.6) is 5.75 Å². The van der Waals surface area contributed by atoms with Gasteiger partial charge in [0, 0.05) is 6.04 Å². The Morgan fingerprint density at radius 1 is 1.25 bits per heavy atom. The fourth-order valence-electron chi connectivity index (χ4n) is 1.17. The predicted molar refractivity (Wildman–Crippen MR) is 55.7 cm³/mol. The Morgan fingerprint density at radius 3 is 2.06 bits per heavy atom. The fraction of sp³-hybridized carbons (Fsp3) is 0.333. The number of halogens is 5. The van der Waals surface area contributed by atoms with Crippen LogP contribution in [0.4, 0.5) is 13.2 Å². The number of benzene rings is 1. The Bertz CT molecular complexity index is 372. The van der Waals surface area contributed by atoms with Gasteiger partial charge < -0.3 is 10.8 Å². The largest absolute Gasteiger partial charge is 0.505 e. The van der Waals surface area contributed by atoms with Gasteiger partial charge in [0.2, 0.25) is 0 Å². The highest BCUT2D eigenvalue weighted by molar-refractivity contribution is 6.37. The third-order valence-electron chi connectivity index (χ3n) is 1.92. The summed E-state index contributed by atoms with van der Waals surface area (Å²) in [4.78, 5) is 0. The van der Waals surface area contributed by atoms with Gasteiger partial charge >= 0.3 is 6.18 Å². The van der Waals surface area contributed by atoms with Crippen molar-refractivity contribution < 1.29 is 18.3 Å². The molecule has 0 aromatic heterocycles. The molecule has 3 N–H and O–H groups in total. The average molecular weight is 274 g/mol. The summed E-state index contributed by atoms with van der Waals surface area (Å²) >= 11 is 11.1. The van der Waals surface area contributed by atoms with Crippen LogP contribution in [0, 0.1) is 0 Å². The molecule has 0 fully saturated rings. The van der Waals surface area contributed by atoms with Gasteiger partial charge in [0.15, 0.2) is 5.75 Å². The summed E-state index contributed by atoms with van der Waals surface area (Å²) in [5, 5.41) is 8.97. The monoisotopic (exact) mass is 273 g/mol. The van der Waals surface area contributed by atoms with E-state index in [-0.39, 0.29) is 21.4 Å². The molecule has 0 amide bonds. The molecule has 0 radical (unpaired) electrons. The van der Waals surface area contributed by atoms with E-state index >= 15 is 0 Å². The molecular formula is C9H8Cl2F3NO. The van der Waals surface area contributed by atoms with Crippen LogP contribution in [-0.2, 0) is 0 Å². The van der Waals surface area contributed by atoms with E-state index < -0.39 is 18.6 Å². The Labute approximate surface area is 99.8 Å². The Hall–Kier alpha value is -0.650. The molecule has 0 saturated carbocycles. The highest BCUT2D eigenvalue weighted by atomic mass is 35.5. The highest BCUT2D eigenvalue weighted by Crippen LogP contribution is 2.36. The molecule has 16 heavy (non-hydrogen) atoms. The standard InChI is InChI=1S/C9H8Cl2F3NO/c10-5-1-4(2-6(11)8(5)16)7(15)3-9(12,13)14/h1-2,7,16H,3,15H2/t7-/m1/s1. The molecule has 90 valence electrons. The van der Waals surface area contributed by atoms with E-state index in [1.807, 2.05) is 0 Å². The van der Waals surface area contributed by atoms with Gasteiger partial charge in [0.25, 0.3) is 0 Å². The van der Waals surface area contributed by atoms with Gasteiger partial charge in [0.1, 0.15) is 0 Å². The number of phenols is 1. The van der Waals surface area contributed by atoms with Crippen LogP contribution in [0.15, 0.2) is 12.1 Å². The third-order valence-corrected chi connectivity index (χ3v) is 2.49. The molecule has 7 heteroatoms. The molecular weight excluding hydrogens is 266 g/mol. The molecule has 0 aliphatic rings. The maximum Gasteiger partial charge on any atom is 0.390 e. The summed E-state index contributed by atoms with van der Waals surface area (Å²) < 4.78 is 36.2. The van der Waals surface area contributed by atoms with E-state index in [4.69, 9.17) is 28.9 Å². The van der Waals surface area contributed by atoms with Crippen molar-refractivity contribution in [2.45, 2.75) is 18.6 Å². The highest BCUT2D eigenvalue weighted by Gasteiger charge is 2.31. The average Bonchev–Trinajstić information content (AvgIpc) is 2.10. The van der Waals surface area contributed by atoms with Crippen molar-refractivity contribution in [1.82, 2.24) is 0 Å². The summed E-state index contributed by atoms with van der Waals surface area (Å²) in [6, 6.07) is 1.08. The first-order valence-electron chi connectivity index (χ1n) is 4.21. The lowest BCUT2D eigenvalue weighted by atomic mass is 10.0. The van der Waals surface area contributed by atoms with Crippen molar-refractivity contribution in [3.8, 4) is 5.75 Å². The molecule has 0 aliphatic carbocycles. The number of nitrogens with two attached hydrogens (primary N) is 1. The molecule has 0 heterocycles. The summed E-state index contributed by atoms with van der Waals surface area (Å²) in [7, 11) is 0. The normalized spacial score (nSPS) is 13.9. The van der Waals surface area contributed by atoms with E-state index in [1.165, 1.54) is 12.1 Å². The molecule has 1 atom stereocenters. The summed E-state index contributed by atoms with van der Waals surface area (Å²) in [6.45, 7) is 0. The quantitative estimate of drug-likeness (QED) is 0.864. The lowest BCUT2D eigenvalue weighted by molar-refractivity contribution is -0.138. The minimum atomic E-state index is -4.36. The van der Waals surface area contributed by atoms with Crippen molar-refractivity contribution in [2.24, 2.45) is 5.73 Å². The van der Waals surface area contributed by atoms with Crippen molar-refractivity contribution in [2.75, 3.05) is 0 Å². The second-order valence-corrected chi connectivity index (χ2v) is 4.07. The first-order chi connectivity index (χ1) is 7.20. The van der Waals surface area contributed by atoms with Gasteiger partial charge in [-0.25, -0.2) is 0 Å². The summed E-state index contributed by atoms with van der Waals surface area (Å²) in [6.07, 6.45) is -5.54. The zero-order chi connectivity index (χ0) is 12.5. The van der Waals surface area contributed by atoms with Gasteiger partial charge in [-0.15, -0.1) is 0 Å². The summed E-state index contributed by atoms with van der Waals surface area (Å²) in [5.74, 6) is -0.369. The molecule has 2 nitrogen and oxygen atoms in total. The maximum atomic E-state index is 12.1. The fourth-order valence-corrected chi connectivity index (χ4v) is 1.67. The Balaban J connectivity index is 2.97. The van der Waals surface area contributed by atoms with Crippen LogP contribution in [-0.4, -0.2) is 11.3 Å². The number of aromatic hydroxyl groups is 1. The van der Waals surface area contributed by atoms with E-state index in [0.29, 0.717) is 0 Å². The minimum absolute atomic E-state index is 0.125. The van der Waals surface area contributed by atoms with Gasteiger partial charge in [-0.05, 0) is 17.7 Å². The zero-order valence-corrected chi connectivity index (χ0v) is 9.37. The van der Waals surface area contributed by atoms with Gasteiger partial charge in [-0.2, -0.15) is 13.2 Å². The second-order valence-electron chi connectivity index (χ2n) is 3.26. The van der Waals surface area contributed by atoms with Crippen LogP contribution in [0.2, 0.25) is 10.0 Å². The van der Waals surface area contributed by atoms with Crippen LogP contribution in [0.3, 0.4) is 0 Å². The second kappa shape index (κ2) is 4.69. The zero-order valence-electron chi connectivity index (χ0n) is 7.85. The lowest BCUT2D eigenvalue weighted by Gasteiger charge is -2.15. The van der Waals surface area contributed by atoms with E-state index in [2.05, 4.69) is 0 Å². The van der Waals surface area contributed by atoms with Gasteiger partial charge in [-0.1, -0.05) is 23.2 Å². The van der Waals surface area contributed by atoms with Gasteiger partial charge in [0.05, 0.1) is 16.5 Å². The number of alkyl halides is 3. The SMILES string of the molecule is N[C@H](CC(F)(F)F)c1cc(Cl)c(O)c(Cl)c1. The molecule has 0 bridgehead atoms. The molecule has 0 saturated heterocycles. The van der Waals surface area contributed by atoms with Crippen molar-refractivity contribution in [1.29, 1.82) is 0 Å². The number of hydrogen-bond donors (Lipinski definition) is 2. The first-order valence-corrected chi connectivity index (χ1v) is 4.96. The van der Waals surface area contributed by atoms with Crippen LogP contribution < -0.4 is 5.73 Å². The van der Waals surface area contributed by atoms with Crippen LogP contribution in [0.25, 0.3) is 0 Å². The maximum absolute atomic E-state index is 12.1. The molecule has 1 aromatic carbocycles. The first kappa shape index (κ1) is 13.4. The van der Waals surface area contributed by atoms with Crippen molar-refractivity contribution in [3.05, 3.63) is 27.7 Å². The molecule has 1 rings (SSSR count). The van der Waals surface area contributed by atoms with Crippen LogP contribution >= 0.6 is 23.2 Å². The molecule has 0 aliphatic heterocycles. The molecule has 0 spiro atoms. The minimum Gasteiger partial charge on any atom is -0.505 e. The smallest absolute Gasteiger partial charge is 0.390 e. The predicted octanol–water partition coefficient (Wildman–Crippen LogP) is 3.65. The summed E-state index contributed by atoms with van der Waals surface area (Å²) in [5.41, 5.74) is 5.48. The van der Waals surface area contributed by atoms with E-state index in [1.54, 1.807) is 0 Å².